The van der Waals surface area contributed by atoms with Gasteiger partial charge < -0.3 is 10.6 Å². The first-order valence-corrected chi connectivity index (χ1v) is 11.7. The Labute approximate surface area is 177 Å². The Bertz CT molecular complexity index is 1020. The third kappa shape index (κ3) is 4.49. The zero-order valence-corrected chi connectivity index (χ0v) is 18.3. The molecule has 1 amide bonds. The van der Waals surface area contributed by atoms with E-state index in [1.165, 1.54) is 16.4 Å². The van der Waals surface area contributed by atoms with E-state index in [-0.39, 0.29) is 28.5 Å². The number of halogens is 1. The van der Waals surface area contributed by atoms with Crippen LogP contribution in [0, 0.1) is 11.7 Å². The molecular weight excluding hydrogens is 405 g/mol. The number of nitrogens with one attached hydrogen (secondary N) is 2. The van der Waals surface area contributed by atoms with E-state index in [0.717, 1.165) is 0 Å². The lowest BCUT2D eigenvalue weighted by Crippen LogP contribution is -2.30. The van der Waals surface area contributed by atoms with Crippen LogP contribution in [0.15, 0.2) is 47.4 Å². The molecule has 0 aromatic heterocycles. The highest BCUT2D eigenvalue weighted by Crippen LogP contribution is 2.49. The van der Waals surface area contributed by atoms with E-state index in [0.29, 0.717) is 43.0 Å². The molecule has 2 N–H and O–H groups in total. The van der Waals surface area contributed by atoms with E-state index < -0.39 is 10.0 Å². The molecule has 1 aliphatic carbocycles. The number of nitrogens with zero attached hydrogens (tertiary/aromatic N) is 1. The van der Waals surface area contributed by atoms with Gasteiger partial charge in [-0.1, -0.05) is 32.0 Å². The molecule has 1 aliphatic rings. The van der Waals surface area contributed by atoms with Gasteiger partial charge in [0.15, 0.2) is 0 Å². The van der Waals surface area contributed by atoms with Gasteiger partial charge in [-0.2, -0.15) is 4.31 Å². The number of benzene rings is 2. The molecular formula is C22H28FN3O3S. The van der Waals surface area contributed by atoms with Crippen LogP contribution in [-0.2, 0) is 14.8 Å². The summed E-state index contributed by atoms with van der Waals surface area (Å²) in [5, 5.41) is 6.00. The Kier molecular flexibility index (Phi) is 6.77. The minimum atomic E-state index is -3.65. The van der Waals surface area contributed by atoms with E-state index in [4.69, 9.17) is 0 Å². The van der Waals surface area contributed by atoms with Gasteiger partial charge in [0.25, 0.3) is 0 Å². The van der Waals surface area contributed by atoms with Gasteiger partial charge in [0, 0.05) is 25.6 Å². The first-order chi connectivity index (χ1) is 14.3. The summed E-state index contributed by atoms with van der Waals surface area (Å²) in [6.07, 6.45) is 0.570. The zero-order valence-electron chi connectivity index (χ0n) is 17.5. The lowest BCUT2D eigenvalue weighted by Gasteiger charge is -2.20. The quantitative estimate of drug-likeness (QED) is 0.626. The van der Waals surface area contributed by atoms with Crippen molar-refractivity contribution in [2.75, 3.05) is 30.3 Å². The zero-order chi connectivity index (χ0) is 21.9. The molecule has 2 atom stereocenters. The van der Waals surface area contributed by atoms with E-state index in [2.05, 4.69) is 10.6 Å². The van der Waals surface area contributed by atoms with Crippen LogP contribution < -0.4 is 10.6 Å². The fraction of sp³-hybridized carbons (Fsp3) is 0.409. The van der Waals surface area contributed by atoms with E-state index in [1.807, 2.05) is 6.92 Å². The number of hydrogen-bond donors (Lipinski definition) is 2. The average Bonchev–Trinajstić information content (AvgIpc) is 3.51. The Balaban J connectivity index is 1.84. The average molecular weight is 434 g/mol. The van der Waals surface area contributed by atoms with Crippen LogP contribution in [0.25, 0.3) is 0 Å². The van der Waals surface area contributed by atoms with Crippen LogP contribution in [0.5, 0.6) is 0 Å². The van der Waals surface area contributed by atoms with E-state index >= 15 is 0 Å². The van der Waals surface area contributed by atoms with Crippen molar-refractivity contribution < 1.29 is 17.6 Å². The highest BCUT2D eigenvalue weighted by atomic mass is 32.2. The second-order valence-electron chi connectivity index (χ2n) is 7.29. The minimum absolute atomic E-state index is 0.129. The fourth-order valence-electron chi connectivity index (χ4n) is 3.67. The van der Waals surface area contributed by atoms with Crippen molar-refractivity contribution in [2.45, 2.75) is 38.0 Å². The van der Waals surface area contributed by atoms with Gasteiger partial charge in [0.05, 0.1) is 16.3 Å². The number of carbonyl (C=O) groups is 1. The third-order valence-corrected chi connectivity index (χ3v) is 7.44. The van der Waals surface area contributed by atoms with Gasteiger partial charge in [-0.3, -0.25) is 4.79 Å². The standard InChI is InChI=1S/C22H28FN3O3S/c1-4-24-20-12-11-15(30(28,29)26(5-2)6-3)13-21(20)25-22(27)18-14-17(18)16-9-7-8-10-19(16)23/h7-13,17-18,24H,4-6,14H2,1-3H3,(H,25,27). The molecule has 0 heterocycles. The molecule has 2 aromatic carbocycles. The Morgan fingerprint density at radius 3 is 2.43 bits per heavy atom. The van der Waals surface area contributed by atoms with Crippen LogP contribution in [0.3, 0.4) is 0 Å². The van der Waals surface area contributed by atoms with Gasteiger partial charge in [-0.15, -0.1) is 0 Å². The molecule has 0 spiro atoms. The maximum Gasteiger partial charge on any atom is 0.243 e. The molecule has 1 saturated carbocycles. The molecule has 162 valence electrons. The maximum atomic E-state index is 14.0. The van der Waals surface area contributed by atoms with Crippen LogP contribution in [-0.4, -0.2) is 38.3 Å². The van der Waals surface area contributed by atoms with Crippen molar-refractivity contribution in [2.24, 2.45) is 5.92 Å². The molecule has 1 fully saturated rings. The third-order valence-electron chi connectivity index (χ3n) is 5.39. The van der Waals surface area contributed by atoms with E-state index in [9.17, 15) is 17.6 Å². The van der Waals surface area contributed by atoms with Gasteiger partial charge in [0.2, 0.25) is 15.9 Å². The normalized spacial score (nSPS) is 18.3. The van der Waals surface area contributed by atoms with Gasteiger partial charge in [-0.05, 0) is 49.1 Å². The van der Waals surface area contributed by atoms with Crippen LogP contribution >= 0.6 is 0 Å². The summed E-state index contributed by atoms with van der Waals surface area (Å²) in [5.74, 6) is -1.03. The molecule has 0 aliphatic heterocycles. The monoisotopic (exact) mass is 433 g/mol. The van der Waals surface area contributed by atoms with Crippen molar-refractivity contribution in [1.29, 1.82) is 0 Å². The minimum Gasteiger partial charge on any atom is -0.384 e. The summed E-state index contributed by atoms with van der Waals surface area (Å²) < 4.78 is 41.1. The topological polar surface area (TPSA) is 78.5 Å². The first kappa shape index (κ1) is 22.2. The summed E-state index contributed by atoms with van der Waals surface area (Å²) in [4.78, 5) is 12.9. The van der Waals surface area contributed by atoms with Crippen molar-refractivity contribution in [3.63, 3.8) is 0 Å². The van der Waals surface area contributed by atoms with Crippen molar-refractivity contribution in [3.8, 4) is 0 Å². The summed E-state index contributed by atoms with van der Waals surface area (Å²) >= 11 is 0. The molecule has 2 aromatic rings. The van der Waals surface area contributed by atoms with Crippen molar-refractivity contribution >= 4 is 27.3 Å². The number of anilines is 2. The molecule has 8 heteroatoms. The Morgan fingerprint density at radius 2 is 1.80 bits per heavy atom. The van der Waals surface area contributed by atoms with Crippen molar-refractivity contribution in [1.82, 2.24) is 4.31 Å². The summed E-state index contributed by atoms with van der Waals surface area (Å²) in [5.41, 5.74) is 1.60. The van der Waals surface area contributed by atoms with Gasteiger partial charge in [-0.25, -0.2) is 12.8 Å². The molecule has 6 nitrogen and oxygen atoms in total. The van der Waals surface area contributed by atoms with Crippen LogP contribution in [0.2, 0.25) is 0 Å². The molecule has 3 rings (SSSR count). The number of sulfonamides is 1. The maximum absolute atomic E-state index is 14.0. The largest absolute Gasteiger partial charge is 0.384 e. The highest BCUT2D eigenvalue weighted by Gasteiger charge is 2.45. The number of amides is 1. The summed E-state index contributed by atoms with van der Waals surface area (Å²) in [6.45, 7) is 6.83. The predicted octanol–water partition coefficient (Wildman–Crippen LogP) is 4.03. The van der Waals surface area contributed by atoms with Crippen molar-refractivity contribution in [3.05, 3.63) is 53.8 Å². The SMILES string of the molecule is CCNc1ccc(S(=O)(=O)N(CC)CC)cc1NC(=O)C1CC1c1ccccc1F. The summed E-state index contributed by atoms with van der Waals surface area (Å²) in [7, 11) is -3.65. The van der Waals surface area contributed by atoms with Crippen LogP contribution in [0.1, 0.15) is 38.7 Å². The number of hydrogen-bond acceptors (Lipinski definition) is 4. The van der Waals surface area contributed by atoms with Gasteiger partial charge in [0.1, 0.15) is 5.82 Å². The number of carbonyl (C=O) groups excluding carboxylic acids is 1. The molecule has 0 bridgehead atoms. The molecule has 2 unspecified atom stereocenters. The Hall–Kier alpha value is -2.45. The first-order valence-electron chi connectivity index (χ1n) is 10.3. The Morgan fingerprint density at radius 1 is 1.10 bits per heavy atom. The molecule has 30 heavy (non-hydrogen) atoms. The van der Waals surface area contributed by atoms with Gasteiger partial charge >= 0.3 is 0 Å². The lowest BCUT2D eigenvalue weighted by atomic mass is 10.1. The summed E-state index contributed by atoms with van der Waals surface area (Å²) in [6, 6.07) is 11.2. The smallest absolute Gasteiger partial charge is 0.243 e. The second kappa shape index (κ2) is 9.14. The predicted molar refractivity (Wildman–Crippen MR) is 117 cm³/mol. The lowest BCUT2D eigenvalue weighted by molar-refractivity contribution is -0.117. The van der Waals surface area contributed by atoms with E-state index in [1.54, 1.807) is 44.2 Å². The molecule has 0 saturated heterocycles. The second-order valence-corrected chi connectivity index (χ2v) is 9.22. The number of rotatable bonds is 9. The van der Waals surface area contributed by atoms with Crippen LogP contribution in [0.4, 0.5) is 15.8 Å². The fourth-order valence-corrected chi connectivity index (χ4v) is 5.16. The highest BCUT2D eigenvalue weighted by molar-refractivity contribution is 7.89. The molecule has 0 radical (unpaired) electrons.